The summed E-state index contributed by atoms with van der Waals surface area (Å²) in [6.07, 6.45) is 5.05. The number of aryl methyl sites for hydroxylation is 3. The number of thiophene rings is 1. The van der Waals surface area contributed by atoms with Crippen molar-refractivity contribution >= 4 is 34.0 Å². The van der Waals surface area contributed by atoms with E-state index in [-0.39, 0.29) is 17.8 Å². The van der Waals surface area contributed by atoms with Crippen molar-refractivity contribution in [1.29, 1.82) is 5.26 Å². The molecule has 1 aliphatic carbocycles. The van der Waals surface area contributed by atoms with Crippen LogP contribution in [0.3, 0.4) is 0 Å². The number of benzene rings is 1. The van der Waals surface area contributed by atoms with Crippen molar-refractivity contribution in [3.63, 3.8) is 0 Å². The predicted molar refractivity (Wildman–Crippen MR) is 136 cm³/mol. The maximum absolute atomic E-state index is 12.7. The van der Waals surface area contributed by atoms with Crippen LogP contribution in [-0.2, 0) is 24.7 Å². The first-order chi connectivity index (χ1) is 16.4. The van der Waals surface area contributed by atoms with Crippen LogP contribution in [0.1, 0.15) is 65.2 Å². The predicted octanol–water partition coefficient (Wildman–Crippen LogP) is 5.50. The number of hydrogen-bond acceptors (Lipinski definition) is 7. The van der Waals surface area contributed by atoms with Gasteiger partial charge in [0.25, 0.3) is 0 Å². The van der Waals surface area contributed by atoms with Gasteiger partial charge >= 0.3 is 0 Å². The molecule has 2 aromatic heterocycles. The number of nitrogens with one attached hydrogen (secondary N) is 1. The Kier molecular flexibility index (Phi) is 7.59. The molecule has 0 bridgehead atoms. The van der Waals surface area contributed by atoms with Crippen molar-refractivity contribution in [2.75, 3.05) is 11.1 Å². The molecular formula is C25H29N5O2S2. The van der Waals surface area contributed by atoms with Gasteiger partial charge in [0.15, 0.2) is 17.1 Å². The van der Waals surface area contributed by atoms with E-state index in [9.17, 15) is 10.1 Å². The van der Waals surface area contributed by atoms with Crippen LogP contribution in [0, 0.1) is 25.2 Å². The lowest BCUT2D eigenvalue weighted by Gasteiger charge is -2.16. The number of anilines is 1. The van der Waals surface area contributed by atoms with Crippen LogP contribution < -0.4 is 10.1 Å². The molecule has 9 heteroatoms. The average molecular weight is 496 g/mol. The number of thioether (sulfide) groups is 1. The molecule has 1 atom stereocenters. The van der Waals surface area contributed by atoms with E-state index in [1.54, 1.807) is 11.3 Å². The highest BCUT2D eigenvalue weighted by Crippen LogP contribution is 2.37. The van der Waals surface area contributed by atoms with Gasteiger partial charge in [0, 0.05) is 11.9 Å². The SMILES string of the molecule is Cc1ccc(OC(C)c2nnc(SCC(=O)Nc3sc4c(c3C#N)CCCCC4)n2C)c(C)c1. The quantitative estimate of drug-likeness (QED) is 0.343. The Labute approximate surface area is 208 Å². The second-order valence-electron chi connectivity index (χ2n) is 8.65. The highest BCUT2D eigenvalue weighted by molar-refractivity contribution is 7.99. The van der Waals surface area contributed by atoms with Gasteiger partial charge in [-0.2, -0.15) is 5.26 Å². The minimum atomic E-state index is -0.290. The number of aromatic nitrogens is 3. The summed E-state index contributed by atoms with van der Waals surface area (Å²) in [5, 5.41) is 22.5. The fourth-order valence-corrected chi connectivity index (χ4v) is 6.20. The van der Waals surface area contributed by atoms with Crippen molar-refractivity contribution in [2.45, 2.75) is 64.1 Å². The highest BCUT2D eigenvalue weighted by atomic mass is 32.2. The molecule has 0 radical (unpaired) electrons. The molecule has 0 saturated carbocycles. The largest absolute Gasteiger partial charge is 0.482 e. The number of nitriles is 1. The maximum Gasteiger partial charge on any atom is 0.235 e. The van der Waals surface area contributed by atoms with Crippen LogP contribution in [0.15, 0.2) is 23.4 Å². The summed E-state index contributed by atoms with van der Waals surface area (Å²) in [6.45, 7) is 6.02. The lowest BCUT2D eigenvalue weighted by molar-refractivity contribution is -0.113. The zero-order chi connectivity index (χ0) is 24.2. The second kappa shape index (κ2) is 10.6. The summed E-state index contributed by atoms with van der Waals surface area (Å²) < 4.78 is 7.98. The van der Waals surface area contributed by atoms with E-state index in [0.29, 0.717) is 21.5 Å². The van der Waals surface area contributed by atoms with Crippen molar-refractivity contribution in [1.82, 2.24) is 14.8 Å². The fourth-order valence-electron chi connectivity index (χ4n) is 4.22. The number of amides is 1. The molecule has 1 aromatic carbocycles. The topological polar surface area (TPSA) is 92.8 Å². The van der Waals surface area contributed by atoms with E-state index in [4.69, 9.17) is 4.74 Å². The molecule has 1 amide bonds. The first kappa shape index (κ1) is 24.3. The molecule has 3 aromatic rings. The molecule has 0 saturated heterocycles. The van der Waals surface area contributed by atoms with Gasteiger partial charge in [0.1, 0.15) is 16.8 Å². The van der Waals surface area contributed by atoms with Gasteiger partial charge in [-0.05, 0) is 63.6 Å². The van der Waals surface area contributed by atoms with Crippen molar-refractivity contribution in [2.24, 2.45) is 7.05 Å². The lowest BCUT2D eigenvalue weighted by Crippen LogP contribution is -2.15. The third-order valence-corrected chi connectivity index (χ3v) is 8.21. The van der Waals surface area contributed by atoms with E-state index in [2.05, 4.69) is 34.6 Å². The Hall–Kier alpha value is -2.83. The summed E-state index contributed by atoms with van der Waals surface area (Å²) in [7, 11) is 1.88. The number of carbonyl (C=O) groups is 1. The van der Waals surface area contributed by atoms with Gasteiger partial charge in [-0.15, -0.1) is 21.5 Å². The van der Waals surface area contributed by atoms with Crippen molar-refractivity contribution in [3.8, 4) is 11.8 Å². The summed E-state index contributed by atoms with van der Waals surface area (Å²) in [5.41, 5.74) is 4.03. The third-order valence-electron chi connectivity index (χ3n) is 5.98. The molecule has 0 fully saturated rings. The number of ether oxygens (including phenoxy) is 1. The molecule has 1 aliphatic rings. The van der Waals surface area contributed by atoms with Crippen LogP contribution in [0.25, 0.3) is 0 Å². The Morgan fingerprint density at radius 2 is 2.09 bits per heavy atom. The fraction of sp³-hybridized carbons (Fsp3) is 0.440. The third kappa shape index (κ3) is 5.29. The molecule has 34 heavy (non-hydrogen) atoms. The van der Waals surface area contributed by atoms with Gasteiger partial charge in [0.2, 0.25) is 5.91 Å². The minimum Gasteiger partial charge on any atom is -0.482 e. The number of rotatable bonds is 7. The van der Waals surface area contributed by atoms with Crippen LogP contribution in [0.4, 0.5) is 5.00 Å². The Morgan fingerprint density at radius 1 is 1.29 bits per heavy atom. The summed E-state index contributed by atoms with van der Waals surface area (Å²) in [5.74, 6) is 1.54. The first-order valence-electron chi connectivity index (χ1n) is 11.5. The van der Waals surface area contributed by atoms with Gasteiger partial charge in [-0.25, -0.2) is 0 Å². The van der Waals surface area contributed by atoms with E-state index >= 15 is 0 Å². The molecule has 4 rings (SSSR count). The van der Waals surface area contributed by atoms with Crippen molar-refractivity contribution < 1.29 is 9.53 Å². The molecule has 1 N–H and O–H groups in total. The Morgan fingerprint density at radius 3 is 2.85 bits per heavy atom. The molecule has 7 nitrogen and oxygen atoms in total. The molecule has 178 valence electrons. The first-order valence-corrected chi connectivity index (χ1v) is 13.3. The summed E-state index contributed by atoms with van der Waals surface area (Å²) in [4.78, 5) is 13.9. The van der Waals surface area contributed by atoms with Crippen LogP contribution in [0.5, 0.6) is 5.75 Å². The van der Waals surface area contributed by atoms with E-state index in [0.717, 1.165) is 42.6 Å². The molecule has 2 heterocycles. The molecule has 0 aliphatic heterocycles. The average Bonchev–Trinajstić information content (AvgIpc) is 3.24. The second-order valence-corrected chi connectivity index (χ2v) is 10.7. The summed E-state index contributed by atoms with van der Waals surface area (Å²) in [6, 6.07) is 8.39. The Bertz CT molecular complexity index is 1240. The van der Waals surface area contributed by atoms with Crippen LogP contribution in [-0.4, -0.2) is 26.4 Å². The Balaban J connectivity index is 1.38. The van der Waals surface area contributed by atoms with Crippen LogP contribution in [0.2, 0.25) is 0 Å². The number of carbonyl (C=O) groups excluding carboxylic acids is 1. The smallest absolute Gasteiger partial charge is 0.235 e. The normalized spacial score (nSPS) is 14.1. The molecular weight excluding hydrogens is 466 g/mol. The zero-order valence-electron chi connectivity index (χ0n) is 20.0. The zero-order valence-corrected chi connectivity index (χ0v) is 21.6. The van der Waals surface area contributed by atoms with Gasteiger partial charge in [-0.3, -0.25) is 4.79 Å². The van der Waals surface area contributed by atoms with Gasteiger partial charge in [0.05, 0.1) is 11.3 Å². The highest BCUT2D eigenvalue weighted by Gasteiger charge is 2.22. The monoisotopic (exact) mass is 495 g/mol. The van der Waals surface area contributed by atoms with E-state index in [1.165, 1.54) is 28.6 Å². The number of hydrogen-bond donors (Lipinski definition) is 1. The number of nitrogens with zero attached hydrogens (tertiary/aromatic N) is 4. The molecule has 1 unspecified atom stereocenters. The van der Waals surface area contributed by atoms with E-state index in [1.807, 2.05) is 37.6 Å². The van der Waals surface area contributed by atoms with E-state index < -0.39 is 0 Å². The lowest BCUT2D eigenvalue weighted by atomic mass is 10.1. The van der Waals surface area contributed by atoms with Gasteiger partial charge < -0.3 is 14.6 Å². The maximum atomic E-state index is 12.7. The minimum absolute atomic E-state index is 0.151. The number of fused-ring (bicyclic) bond motifs is 1. The van der Waals surface area contributed by atoms with Crippen LogP contribution >= 0.6 is 23.1 Å². The van der Waals surface area contributed by atoms with Crippen molar-refractivity contribution in [3.05, 3.63) is 51.2 Å². The standard InChI is InChI=1S/C25H29N5O2S2/c1-15-10-11-20(16(2)12-15)32-17(3)23-28-29-25(30(23)4)33-14-22(31)27-24-19(13-26)18-8-6-5-7-9-21(18)34-24/h10-12,17H,5-9,14H2,1-4H3,(H,27,31). The van der Waals surface area contributed by atoms with Gasteiger partial charge in [-0.1, -0.05) is 35.9 Å². The summed E-state index contributed by atoms with van der Waals surface area (Å²) >= 11 is 2.87. The molecule has 0 spiro atoms.